The number of carboxylic acids is 2. The fourth-order valence-corrected chi connectivity index (χ4v) is 2.72. The second kappa shape index (κ2) is 10.8. The van der Waals surface area contributed by atoms with Crippen molar-refractivity contribution in [1.82, 2.24) is 5.32 Å². The minimum atomic E-state index is -1.82. The number of aliphatic carboxylic acids is 2. The van der Waals surface area contributed by atoms with Gasteiger partial charge in [0.15, 0.2) is 0 Å². The van der Waals surface area contributed by atoms with Gasteiger partial charge in [-0.2, -0.15) is 0 Å². The van der Waals surface area contributed by atoms with Crippen LogP contribution in [-0.4, -0.2) is 48.3 Å². The number of ether oxygens (including phenoxy) is 1. The summed E-state index contributed by atoms with van der Waals surface area (Å²) in [6, 6.07) is 11.6. The fourth-order valence-electron chi connectivity index (χ4n) is 2.72. The first-order chi connectivity index (χ1) is 14.4. The fraction of sp³-hybridized carbons (Fsp3) is 0.286. The number of furan rings is 1. The van der Waals surface area contributed by atoms with E-state index in [0.29, 0.717) is 11.4 Å². The van der Waals surface area contributed by atoms with Crippen LogP contribution in [0.25, 0.3) is 21.9 Å². The van der Waals surface area contributed by atoms with Crippen LogP contribution >= 0.6 is 0 Å². The van der Waals surface area contributed by atoms with E-state index in [1.165, 1.54) is 0 Å². The van der Waals surface area contributed by atoms with Crippen LogP contribution in [0.3, 0.4) is 0 Å². The zero-order chi connectivity index (χ0) is 22.1. The third kappa shape index (κ3) is 5.95. The number of para-hydroxylation sites is 1. The van der Waals surface area contributed by atoms with E-state index in [1.807, 2.05) is 36.4 Å². The molecule has 3 aromatic rings. The molecule has 0 aliphatic carbocycles. The molecule has 0 aliphatic rings. The van der Waals surface area contributed by atoms with Gasteiger partial charge in [-0.15, -0.1) is 0 Å². The van der Waals surface area contributed by atoms with Crippen molar-refractivity contribution < 1.29 is 33.8 Å². The van der Waals surface area contributed by atoms with Gasteiger partial charge in [0, 0.05) is 16.8 Å². The molecule has 0 fully saturated rings. The SMILES string of the molecule is CCCCNCC(=O)Nc1cc2oc3ccccc3c2cc1OC.O=C(O)C(=O)O. The van der Waals surface area contributed by atoms with Crippen LogP contribution in [0, 0.1) is 0 Å². The van der Waals surface area contributed by atoms with Crippen LogP contribution in [0.15, 0.2) is 40.8 Å². The maximum Gasteiger partial charge on any atom is 0.414 e. The number of carboxylic acid groups (broad SMARTS) is 2. The number of amides is 1. The van der Waals surface area contributed by atoms with Crippen LogP contribution in [-0.2, 0) is 14.4 Å². The lowest BCUT2D eigenvalue weighted by atomic mass is 10.1. The molecule has 0 bridgehead atoms. The second-order valence-corrected chi connectivity index (χ2v) is 6.34. The summed E-state index contributed by atoms with van der Waals surface area (Å²) in [5.74, 6) is -3.12. The van der Waals surface area contributed by atoms with Gasteiger partial charge < -0.3 is 30.0 Å². The van der Waals surface area contributed by atoms with Crippen LogP contribution in [0.4, 0.5) is 5.69 Å². The molecule has 0 atom stereocenters. The van der Waals surface area contributed by atoms with E-state index in [0.717, 1.165) is 41.3 Å². The van der Waals surface area contributed by atoms with Gasteiger partial charge in [-0.3, -0.25) is 4.79 Å². The van der Waals surface area contributed by atoms with Gasteiger partial charge in [0.1, 0.15) is 16.9 Å². The first-order valence-corrected chi connectivity index (χ1v) is 9.33. The molecule has 0 unspecified atom stereocenters. The summed E-state index contributed by atoms with van der Waals surface area (Å²) in [5, 5.41) is 22.8. The van der Waals surface area contributed by atoms with E-state index >= 15 is 0 Å². The molecule has 1 heterocycles. The standard InChI is InChI=1S/C19H22N2O3.C2H2O4/c1-3-4-9-20-12-19(22)21-15-11-17-14(10-18(15)23-2)13-7-5-6-8-16(13)24-17;3-1(4)2(5)6/h5-8,10-11,20H,3-4,9,12H2,1-2H3,(H,21,22);(H,3,4)(H,5,6). The summed E-state index contributed by atoms with van der Waals surface area (Å²) >= 11 is 0. The Morgan fingerprint density at radius 3 is 2.37 bits per heavy atom. The molecular formula is C21H24N2O7. The molecular weight excluding hydrogens is 392 g/mol. The number of fused-ring (bicyclic) bond motifs is 3. The van der Waals surface area contributed by atoms with Crippen LogP contribution in [0.5, 0.6) is 5.75 Å². The quantitative estimate of drug-likeness (QED) is 0.340. The highest BCUT2D eigenvalue weighted by atomic mass is 16.5. The number of hydrogen-bond donors (Lipinski definition) is 4. The lowest BCUT2D eigenvalue weighted by Gasteiger charge is -2.10. The first kappa shape index (κ1) is 22.7. The van der Waals surface area contributed by atoms with Crippen molar-refractivity contribution >= 4 is 45.5 Å². The minimum absolute atomic E-state index is 0.0973. The molecule has 30 heavy (non-hydrogen) atoms. The Morgan fingerprint density at radius 2 is 1.73 bits per heavy atom. The monoisotopic (exact) mass is 416 g/mol. The summed E-state index contributed by atoms with van der Waals surface area (Å²) in [7, 11) is 1.60. The number of methoxy groups -OCH3 is 1. The predicted octanol–water partition coefficient (Wildman–Crippen LogP) is 3.08. The van der Waals surface area contributed by atoms with Crippen molar-refractivity contribution in [2.45, 2.75) is 19.8 Å². The molecule has 2 aromatic carbocycles. The summed E-state index contributed by atoms with van der Waals surface area (Å²) < 4.78 is 11.3. The highest BCUT2D eigenvalue weighted by Crippen LogP contribution is 2.36. The zero-order valence-corrected chi connectivity index (χ0v) is 16.7. The Hall–Kier alpha value is -3.59. The van der Waals surface area contributed by atoms with Gasteiger partial charge >= 0.3 is 11.9 Å². The molecule has 0 radical (unpaired) electrons. The number of anilines is 1. The van der Waals surface area contributed by atoms with Crippen LogP contribution < -0.4 is 15.4 Å². The Bertz CT molecular complexity index is 1030. The van der Waals surface area contributed by atoms with E-state index in [2.05, 4.69) is 17.6 Å². The van der Waals surface area contributed by atoms with E-state index in [4.69, 9.17) is 29.0 Å². The van der Waals surface area contributed by atoms with Crippen molar-refractivity contribution in [2.75, 3.05) is 25.5 Å². The molecule has 0 saturated carbocycles. The van der Waals surface area contributed by atoms with Gasteiger partial charge in [0.2, 0.25) is 5.91 Å². The summed E-state index contributed by atoms with van der Waals surface area (Å²) in [6.45, 7) is 3.24. The molecule has 160 valence electrons. The lowest BCUT2D eigenvalue weighted by Crippen LogP contribution is -2.28. The third-order valence-electron chi connectivity index (χ3n) is 4.15. The Morgan fingerprint density at radius 1 is 1.03 bits per heavy atom. The maximum absolute atomic E-state index is 12.1. The van der Waals surface area contributed by atoms with E-state index in [1.54, 1.807) is 7.11 Å². The Labute approximate surface area is 172 Å². The highest BCUT2D eigenvalue weighted by Gasteiger charge is 2.13. The number of carbonyl (C=O) groups is 3. The molecule has 0 saturated heterocycles. The number of benzene rings is 2. The summed E-state index contributed by atoms with van der Waals surface area (Å²) in [5.41, 5.74) is 2.16. The van der Waals surface area contributed by atoms with Crippen molar-refractivity contribution in [3.8, 4) is 5.75 Å². The number of carbonyl (C=O) groups excluding carboxylic acids is 1. The van der Waals surface area contributed by atoms with Gasteiger partial charge in [-0.05, 0) is 25.1 Å². The molecule has 0 aliphatic heterocycles. The van der Waals surface area contributed by atoms with Gasteiger partial charge in [0.25, 0.3) is 0 Å². The number of hydrogen-bond acceptors (Lipinski definition) is 6. The van der Waals surface area contributed by atoms with Crippen molar-refractivity contribution in [3.63, 3.8) is 0 Å². The smallest absolute Gasteiger partial charge is 0.414 e. The van der Waals surface area contributed by atoms with Crippen LogP contribution in [0.2, 0.25) is 0 Å². The van der Waals surface area contributed by atoms with Gasteiger partial charge in [0.05, 0.1) is 19.3 Å². The summed E-state index contributed by atoms with van der Waals surface area (Å²) in [6.07, 6.45) is 2.16. The van der Waals surface area contributed by atoms with Crippen molar-refractivity contribution in [1.29, 1.82) is 0 Å². The number of rotatable bonds is 7. The van der Waals surface area contributed by atoms with Crippen LogP contribution in [0.1, 0.15) is 19.8 Å². The molecule has 9 nitrogen and oxygen atoms in total. The lowest BCUT2D eigenvalue weighted by molar-refractivity contribution is -0.159. The van der Waals surface area contributed by atoms with Gasteiger partial charge in [-0.1, -0.05) is 31.5 Å². The molecule has 1 amide bonds. The number of unbranched alkanes of at least 4 members (excludes halogenated alkanes) is 1. The Balaban J connectivity index is 0.000000469. The third-order valence-corrected chi connectivity index (χ3v) is 4.15. The summed E-state index contributed by atoms with van der Waals surface area (Å²) in [4.78, 5) is 30.3. The molecule has 1 aromatic heterocycles. The normalized spacial score (nSPS) is 10.3. The van der Waals surface area contributed by atoms with E-state index < -0.39 is 11.9 Å². The zero-order valence-electron chi connectivity index (χ0n) is 16.7. The molecule has 9 heteroatoms. The van der Waals surface area contributed by atoms with Gasteiger partial charge in [-0.25, -0.2) is 9.59 Å². The molecule has 3 rings (SSSR count). The average Bonchev–Trinajstić information content (AvgIpc) is 3.08. The van der Waals surface area contributed by atoms with Crippen molar-refractivity contribution in [3.05, 3.63) is 36.4 Å². The maximum atomic E-state index is 12.1. The molecule has 0 spiro atoms. The largest absolute Gasteiger partial charge is 0.495 e. The first-order valence-electron chi connectivity index (χ1n) is 9.33. The second-order valence-electron chi connectivity index (χ2n) is 6.34. The highest BCUT2D eigenvalue weighted by molar-refractivity contribution is 6.27. The Kier molecular flexibility index (Phi) is 8.18. The average molecular weight is 416 g/mol. The minimum Gasteiger partial charge on any atom is -0.495 e. The number of nitrogens with one attached hydrogen (secondary N) is 2. The molecule has 4 N–H and O–H groups in total. The van der Waals surface area contributed by atoms with E-state index in [9.17, 15) is 4.79 Å². The predicted molar refractivity (Wildman–Crippen MR) is 112 cm³/mol. The topological polar surface area (TPSA) is 138 Å². The van der Waals surface area contributed by atoms with E-state index in [-0.39, 0.29) is 12.5 Å². The van der Waals surface area contributed by atoms with Crippen molar-refractivity contribution in [2.24, 2.45) is 0 Å².